The van der Waals surface area contributed by atoms with Crippen molar-refractivity contribution in [2.75, 3.05) is 53.8 Å². The smallest absolute Gasteiger partial charge is 0.247 e. The highest BCUT2D eigenvalue weighted by atomic mass is 35.5. The Morgan fingerprint density at radius 1 is 1.13 bits per heavy atom. The zero-order valence-corrected chi connectivity index (χ0v) is 17.0. The second kappa shape index (κ2) is 7.67. The number of rotatable bonds is 6. The Labute approximate surface area is 177 Å². The molecule has 2 aromatic heterocycles. The lowest BCUT2D eigenvalue weighted by Gasteiger charge is -2.28. The van der Waals surface area contributed by atoms with E-state index in [1.807, 2.05) is 5.01 Å². The number of ether oxygens (including phenoxy) is 1. The number of hydrazine groups is 1. The van der Waals surface area contributed by atoms with Crippen molar-refractivity contribution < 1.29 is 4.74 Å². The molecular formula is C18H23ClN10O. The van der Waals surface area contributed by atoms with Crippen molar-refractivity contribution in [3.8, 4) is 0 Å². The van der Waals surface area contributed by atoms with Crippen molar-refractivity contribution in [2.24, 2.45) is 0 Å². The first-order valence-corrected chi connectivity index (χ1v) is 10.2. The first-order valence-electron chi connectivity index (χ1n) is 9.80. The van der Waals surface area contributed by atoms with E-state index < -0.39 is 0 Å². The van der Waals surface area contributed by atoms with Crippen LogP contribution in [0.3, 0.4) is 0 Å². The molecule has 1 aliphatic carbocycles. The molecule has 0 atom stereocenters. The molecule has 12 heteroatoms. The summed E-state index contributed by atoms with van der Waals surface area (Å²) in [6, 6.07) is 3.93. The molecule has 30 heavy (non-hydrogen) atoms. The highest BCUT2D eigenvalue weighted by molar-refractivity contribution is 6.36. The summed E-state index contributed by atoms with van der Waals surface area (Å²) >= 11 is 6.66. The summed E-state index contributed by atoms with van der Waals surface area (Å²) in [4.78, 5) is 8.90. The van der Waals surface area contributed by atoms with E-state index >= 15 is 0 Å². The van der Waals surface area contributed by atoms with Crippen LogP contribution in [0, 0.1) is 0 Å². The molecule has 11 nitrogen and oxygen atoms in total. The first-order chi connectivity index (χ1) is 14.6. The van der Waals surface area contributed by atoms with Crippen molar-refractivity contribution in [1.29, 1.82) is 0 Å². The van der Waals surface area contributed by atoms with Crippen LogP contribution >= 0.6 is 11.6 Å². The third-order valence-corrected chi connectivity index (χ3v) is 5.34. The number of benzene rings is 1. The van der Waals surface area contributed by atoms with Crippen molar-refractivity contribution in [3.05, 3.63) is 23.4 Å². The van der Waals surface area contributed by atoms with Crippen LogP contribution in [-0.4, -0.2) is 56.9 Å². The number of hydrogen-bond donors (Lipinski definition) is 5. The lowest BCUT2D eigenvalue weighted by Crippen LogP contribution is -2.40. The molecule has 2 fully saturated rings. The number of fused-ring (bicyclic) bond motifs is 1. The Bertz CT molecular complexity index is 1080. The summed E-state index contributed by atoms with van der Waals surface area (Å²) in [7, 11) is 0. The Morgan fingerprint density at radius 3 is 2.67 bits per heavy atom. The van der Waals surface area contributed by atoms with Gasteiger partial charge in [-0.05, 0) is 25.0 Å². The van der Waals surface area contributed by atoms with Crippen molar-refractivity contribution in [2.45, 2.75) is 18.9 Å². The number of halogens is 1. The molecule has 158 valence electrons. The fourth-order valence-corrected chi connectivity index (χ4v) is 3.45. The summed E-state index contributed by atoms with van der Waals surface area (Å²) in [5.41, 5.74) is 17.9. The highest BCUT2D eigenvalue weighted by Crippen LogP contribution is 2.35. The standard InChI is InChI=1S/C18H23ClN10O/c19-15-12(7-10(20)8-13(15)26-28-3-5-30-6-4-28)24-18-25-16(23-11-1-2-11)17-22-9-14(21)29(17)27-18/h7-9,11,26H,1-6,20-21H2,(H2,23,24,25,27). The molecule has 0 bridgehead atoms. The van der Waals surface area contributed by atoms with E-state index in [4.69, 9.17) is 27.8 Å². The molecule has 5 rings (SSSR count). The molecule has 7 N–H and O–H groups in total. The average Bonchev–Trinajstić information content (AvgIpc) is 3.47. The van der Waals surface area contributed by atoms with Gasteiger partial charge in [-0.15, -0.1) is 5.10 Å². The molecule has 1 aliphatic heterocycles. The number of nitrogens with zero attached hydrogens (tertiary/aromatic N) is 5. The van der Waals surface area contributed by atoms with Gasteiger partial charge in [0.2, 0.25) is 5.95 Å². The van der Waals surface area contributed by atoms with Crippen LogP contribution in [0.25, 0.3) is 5.65 Å². The lowest BCUT2D eigenvalue weighted by molar-refractivity contribution is 0.0497. The Balaban J connectivity index is 1.46. The van der Waals surface area contributed by atoms with Crippen LogP contribution in [0.4, 0.5) is 34.6 Å². The van der Waals surface area contributed by atoms with Gasteiger partial charge in [-0.25, -0.2) is 9.99 Å². The largest absolute Gasteiger partial charge is 0.399 e. The van der Waals surface area contributed by atoms with Gasteiger partial charge in [0.25, 0.3) is 0 Å². The van der Waals surface area contributed by atoms with E-state index in [-0.39, 0.29) is 0 Å². The van der Waals surface area contributed by atoms with Crippen LogP contribution < -0.4 is 27.5 Å². The Hall–Kier alpha value is -3.02. The van der Waals surface area contributed by atoms with Gasteiger partial charge < -0.3 is 32.3 Å². The predicted octanol–water partition coefficient (Wildman–Crippen LogP) is 1.92. The van der Waals surface area contributed by atoms with Crippen molar-refractivity contribution in [1.82, 2.24) is 24.6 Å². The summed E-state index contributed by atoms with van der Waals surface area (Å²) < 4.78 is 6.93. The Morgan fingerprint density at radius 2 is 1.90 bits per heavy atom. The predicted molar refractivity (Wildman–Crippen MR) is 117 cm³/mol. The number of hydrogen-bond acceptors (Lipinski definition) is 10. The number of nitrogen functional groups attached to an aromatic ring is 2. The third kappa shape index (κ3) is 3.86. The van der Waals surface area contributed by atoms with Gasteiger partial charge in [-0.2, -0.15) is 9.50 Å². The van der Waals surface area contributed by atoms with Crippen LogP contribution in [0.1, 0.15) is 12.8 Å². The van der Waals surface area contributed by atoms with Gasteiger partial charge in [0.1, 0.15) is 5.82 Å². The van der Waals surface area contributed by atoms with Crippen LogP contribution in [0.15, 0.2) is 18.3 Å². The van der Waals surface area contributed by atoms with Gasteiger partial charge in [0, 0.05) is 24.8 Å². The van der Waals surface area contributed by atoms with E-state index in [2.05, 4.69) is 31.1 Å². The maximum Gasteiger partial charge on any atom is 0.247 e. The number of anilines is 6. The molecule has 0 amide bonds. The molecule has 0 radical (unpaired) electrons. The molecule has 0 spiro atoms. The minimum Gasteiger partial charge on any atom is -0.399 e. The molecule has 2 aliphatic rings. The fraction of sp³-hybridized carbons (Fsp3) is 0.389. The quantitative estimate of drug-likeness (QED) is 0.368. The summed E-state index contributed by atoms with van der Waals surface area (Å²) in [6.45, 7) is 2.83. The molecule has 3 aromatic rings. The van der Waals surface area contributed by atoms with Crippen LogP contribution in [-0.2, 0) is 4.74 Å². The fourth-order valence-electron chi connectivity index (χ4n) is 3.25. The summed E-state index contributed by atoms with van der Waals surface area (Å²) in [6.07, 6.45) is 3.77. The van der Waals surface area contributed by atoms with E-state index in [0.717, 1.165) is 25.9 Å². The lowest BCUT2D eigenvalue weighted by atomic mass is 10.2. The molecule has 1 saturated heterocycles. The van der Waals surface area contributed by atoms with Crippen molar-refractivity contribution >= 4 is 51.9 Å². The zero-order valence-electron chi connectivity index (χ0n) is 16.2. The van der Waals surface area contributed by atoms with Gasteiger partial charge >= 0.3 is 0 Å². The van der Waals surface area contributed by atoms with E-state index in [9.17, 15) is 0 Å². The SMILES string of the molecule is Nc1cc(Nc2nc(NC3CC3)c3ncc(N)n3n2)c(Cl)c(NN2CCOCC2)c1. The average molecular weight is 431 g/mol. The number of nitrogens with one attached hydrogen (secondary N) is 3. The number of morpholine rings is 1. The minimum atomic E-state index is 0.333. The van der Waals surface area contributed by atoms with E-state index in [1.54, 1.807) is 22.8 Å². The monoisotopic (exact) mass is 430 g/mol. The molecule has 3 heterocycles. The van der Waals surface area contributed by atoms with Gasteiger partial charge in [0.05, 0.1) is 35.8 Å². The van der Waals surface area contributed by atoms with E-state index in [1.165, 1.54) is 0 Å². The van der Waals surface area contributed by atoms with Gasteiger partial charge in [0.15, 0.2) is 11.5 Å². The number of nitrogens with two attached hydrogens (primary N) is 2. The van der Waals surface area contributed by atoms with Crippen molar-refractivity contribution in [3.63, 3.8) is 0 Å². The van der Waals surface area contributed by atoms with E-state index in [0.29, 0.717) is 64.6 Å². The normalized spacial score (nSPS) is 17.2. The third-order valence-electron chi connectivity index (χ3n) is 4.94. The van der Waals surface area contributed by atoms with Gasteiger partial charge in [-0.1, -0.05) is 11.6 Å². The maximum absolute atomic E-state index is 6.66. The summed E-state index contributed by atoms with van der Waals surface area (Å²) in [5, 5.41) is 13.5. The summed E-state index contributed by atoms with van der Waals surface area (Å²) in [5.74, 6) is 1.38. The Kier molecular flexibility index (Phi) is 4.85. The number of aromatic nitrogens is 4. The zero-order chi connectivity index (χ0) is 20.7. The second-order valence-corrected chi connectivity index (χ2v) is 7.77. The van der Waals surface area contributed by atoms with Gasteiger partial charge in [-0.3, -0.25) is 0 Å². The maximum atomic E-state index is 6.66. The van der Waals surface area contributed by atoms with Crippen LogP contribution in [0.5, 0.6) is 0 Å². The first kappa shape index (κ1) is 19.0. The molecule has 1 aromatic carbocycles. The molecular weight excluding hydrogens is 408 g/mol. The molecule has 0 unspecified atom stereocenters. The van der Waals surface area contributed by atoms with Crippen LogP contribution in [0.2, 0.25) is 5.02 Å². The highest BCUT2D eigenvalue weighted by Gasteiger charge is 2.24. The minimum absolute atomic E-state index is 0.333. The number of imidazole rings is 1. The molecule has 1 saturated carbocycles. The topological polar surface area (TPSA) is 144 Å². The second-order valence-electron chi connectivity index (χ2n) is 7.39.